The van der Waals surface area contributed by atoms with Crippen LogP contribution < -0.4 is 10.1 Å². The Balaban J connectivity index is 1.63. The molecule has 7 nitrogen and oxygen atoms in total. The van der Waals surface area contributed by atoms with Gasteiger partial charge in [0.05, 0.1) is 12.2 Å². The minimum atomic E-state index is -0.483. The normalized spacial score (nSPS) is 19.6. The summed E-state index contributed by atoms with van der Waals surface area (Å²) < 4.78 is 11.4. The molecule has 1 aromatic rings. The monoisotopic (exact) mass is 431 g/mol. The van der Waals surface area contributed by atoms with Crippen molar-refractivity contribution >= 4 is 12.0 Å². The van der Waals surface area contributed by atoms with Crippen molar-refractivity contribution in [3.05, 3.63) is 29.8 Å². The highest BCUT2D eigenvalue weighted by atomic mass is 16.6. The first kappa shape index (κ1) is 23.4. The minimum absolute atomic E-state index is 0.0331. The lowest BCUT2D eigenvalue weighted by molar-refractivity contribution is 0.0166. The molecular formula is C24H37N3O4. The first-order valence-corrected chi connectivity index (χ1v) is 11.5. The fourth-order valence-corrected chi connectivity index (χ4v) is 4.05. The smallest absolute Gasteiger partial charge is 0.410 e. The molecule has 0 bridgehead atoms. The van der Waals surface area contributed by atoms with Crippen LogP contribution in [0.25, 0.3) is 0 Å². The van der Waals surface area contributed by atoms with E-state index in [-0.39, 0.29) is 12.0 Å². The van der Waals surface area contributed by atoms with Crippen LogP contribution >= 0.6 is 0 Å². The largest absolute Gasteiger partial charge is 0.493 e. The van der Waals surface area contributed by atoms with Gasteiger partial charge in [0.2, 0.25) is 0 Å². The Morgan fingerprint density at radius 1 is 1.13 bits per heavy atom. The topological polar surface area (TPSA) is 71.1 Å². The van der Waals surface area contributed by atoms with Gasteiger partial charge in [-0.2, -0.15) is 0 Å². The van der Waals surface area contributed by atoms with E-state index in [1.54, 1.807) is 4.90 Å². The van der Waals surface area contributed by atoms with E-state index in [9.17, 15) is 9.59 Å². The van der Waals surface area contributed by atoms with Gasteiger partial charge >= 0.3 is 6.09 Å². The Labute approximate surface area is 186 Å². The summed E-state index contributed by atoms with van der Waals surface area (Å²) in [5.74, 6) is 1.07. The van der Waals surface area contributed by atoms with E-state index in [2.05, 4.69) is 5.32 Å². The van der Waals surface area contributed by atoms with Gasteiger partial charge in [-0.15, -0.1) is 0 Å². The first-order chi connectivity index (χ1) is 14.8. The number of ether oxygens (including phenoxy) is 2. The summed E-state index contributed by atoms with van der Waals surface area (Å²) in [5.41, 5.74) is 0.158. The van der Waals surface area contributed by atoms with Crippen molar-refractivity contribution in [1.82, 2.24) is 15.1 Å². The number of carbonyl (C=O) groups is 2. The summed E-state index contributed by atoms with van der Waals surface area (Å²) >= 11 is 0. The van der Waals surface area contributed by atoms with Crippen LogP contribution in [-0.4, -0.2) is 73.3 Å². The average molecular weight is 432 g/mol. The van der Waals surface area contributed by atoms with Crippen LogP contribution in [0, 0.1) is 5.92 Å². The molecule has 2 heterocycles. The Kier molecular flexibility index (Phi) is 8.18. The van der Waals surface area contributed by atoms with Crippen molar-refractivity contribution < 1.29 is 19.1 Å². The summed E-state index contributed by atoms with van der Waals surface area (Å²) in [4.78, 5) is 29.5. The summed E-state index contributed by atoms with van der Waals surface area (Å²) in [5, 5.41) is 3.43. The summed E-state index contributed by atoms with van der Waals surface area (Å²) in [7, 11) is 0. The lowest BCUT2D eigenvalue weighted by Crippen LogP contribution is -2.45. The van der Waals surface area contributed by atoms with Gasteiger partial charge in [-0.1, -0.05) is 12.1 Å². The molecule has 3 rings (SSSR count). The molecule has 2 aliphatic rings. The fraction of sp³-hybridized carbons (Fsp3) is 0.667. The van der Waals surface area contributed by atoms with Gasteiger partial charge in [0, 0.05) is 26.2 Å². The lowest BCUT2D eigenvalue weighted by atomic mass is 9.96. The number of carbonyl (C=O) groups excluding carboxylic acids is 2. The second kappa shape index (κ2) is 10.8. The summed E-state index contributed by atoms with van der Waals surface area (Å²) in [6, 6.07) is 7.54. The molecule has 0 aliphatic carbocycles. The SMILES string of the molecule is CC(C)(C)OC(=O)N1CCC(CN2CCCNCCCOc3ccccc3C2=O)CC1. The molecule has 0 saturated carbocycles. The number of nitrogens with one attached hydrogen (secondary N) is 1. The van der Waals surface area contributed by atoms with Crippen molar-refractivity contribution in [1.29, 1.82) is 0 Å². The van der Waals surface area contributed by atoms with Gasteiger partial charge in [0.1, 0.15) is 11.4 Å². The number of rotatable bonds is 2. The summed E-state index contributed by atoms with van der Waals surface area (Å²) in [6.45, 7) is 10.8. The van der Waals surface area contributed by atoms with Gasteiger partial charge in [-0.3, -0.25) is 4.79 Å². The van der Waals surface area contributed by atoms with E-state index >= 15 is 0 Å². The van der Waals surface area contributed by atoms with E-state index in [1.807, 2.05) is 49.9 Å². The Hall–Kier alpha value is -2.28. The highest BCUT2D eigenvalue weighted by Gasteiger charge is 2.29. The summed E-state index contributed by atoms with van der Waals surface area (Å²) in [6.07, 6.45) is 3.35. The van der Waals surface area contributed by atoms with Gasteiger partial charge < -0.3 is 24.6 Å². The molecule has 0 radical (unpaired) electrons. The van der Waals surface area contributed by atoms with Crippen LogP contribution in [-0.2, 0) is 4.74 Å². The molecular weight excluding hydrogens is 394 g/mol. The number of hydrogen-bond donors (Lipinski definition) is 1. The Bertz CT molecular complexity index is 739. The zero-order valence-corrected chi connectivity index (χ0v) is 19.2. The molecule has 1 fully saturated rings. The highest BCUT2D eigenvalue weighted by molar-refractivity contribution is 5.97. The molecule has 1 saturated heterocycles. The van der Waals surface area contributed by atoms with E-state index in [0.29, 0.717) is 50.0 Å². The first-order valence-electron chi connectivity index (χ1n) is 11.5. The standard InChI is InChI=1S/C24H37N3O4/c1-24(2,3)31-23(29)26-15-10-19(11-16-26)18-27-14-6-12-25-13-7-17-30-21-9-5-4-8-20(21)22(27)28/h4-5,8-9,19,25H,6-7,10-18H2,1-3H3. The molecule has 0 atom stereocenters. The molecule has 0 aromatic heterocycles. The van der Waals surface area contributed by atoms with Crippen molar-refractivity contribution in [2.45, 2.75) is 52.1 Å². The maximum Gasteiger partial charge on any atom is 0.410 e. The molecule has 2 amide bonds. The molecule has 0 spiro atoms. The predicted molar refractivity (Wildman–Crippen MR) is 120 cm³/mol. The third-order valence-electron chi connectivity index (χ3n) is 5.69. The maximum atomic E-state index is 13.4. The molecule has 172 valence electrons. The third kappa shape index (κ3) is 7.13. The number of fused-ring (bicyclic) bond motifs is 1. The number of hydrogen-bond acceptors (Lipinski definition) is 5. The Morgan fingerprint density at radius 2 is 1.84 bits per heavy atom. The second-order valence-electron chi connectivity index (χ2n) is 9.46. The second-order valence-corrected chi connectivity index (χ2v) is 9.46. The van der Waals surface area contributed by atoms with E-state index < -0.39 is 5.60 Å². The molecule has 2 aliphatic heterocycles. The van der Waals surface area contributed by atoms with Crippen molar-refractivity contribution in [3.63, 3.8) is 0 Å². The number of amides is 2. The van der Waals surface area contributed by atoms with Crippen LogP contribution in [0.4, 0.5) is 4.79 Å². The minimum Gasteiger partial charge on any atom is -0.493 e. The maximum absolute atomic E-state index is 13.4. The van der Waals surface area contributed by atoms with E-state index in [1.165, 1.54) is 0 Å². The molecule has 0 unspecified atom stereocenters. The average Bonchev–Trinajstić information content (AvgIpc) is 2.73. The zero-order valence-electron chi connectivity index (χ0n) is 19.2. The van der Waals surface area contributed by atoms with Crippen LogP contribution in [0.1, 0.15) is 56.8 Å². The van der Waals surface area contributed by atoms with Crippen LogP contribution in [0.5, 0.6) is 5.75 Å². The number of piperidine rings is 1. The molecule has 31 heavy (non-hydrogen) atoms. The van der Waals surface area contributed by atoms with Crippen molar-refractivity contribution in [3.8, 4) is 5.75 Å². The lowest BCUT2D eigenvalue weighted by Gasteiger charge is -2.36. The third-order valence-corrected chi connectivity index (χ3v) is 5.69. The number of likely N-dealkylation sites (tertiary alicyclic amines) is 1. The van der Waals surface area contributed by atoms with Gasteiger partial charge in [0.15, 0.2) is 0 Å². The van der Waals surface area contributed by atoms with Gasteiger partial charge in [0.25, 0.3) is 5.91 Å². The van der Waals surface area contributed by atoms with Crippen LogP contribution in [0.3, 0.4) is 0 Å². The van der Waals surface area contributed by atoms with Crippen LogP contribution in [0.2, 0.25) is 0 Å². The van der Waals surface area contributed by atoms with Crippen LogP contribution in [0.15, 0.2) is 24.3 Å². The van der Waals surface area contributed by atoms with Crippen molar-refractivity contribution in [2.75, 3.05) is 45.9 Å². The number of nitrogens with zero attached hydrogens (tertiary/aromatic N) is 2. The van der Waals surface area contributed by atoms with E-state index in [0.717, 1.165) is 38.8 Å². The van der Waals surface area contributed by atoms with Crippen molar-refractivity contribution in [2.24, 2.45) is 5.92 Å². The predicted octanol–water partition coefficient (Wildman–Crippen LogP) is 3.54. The molecule has 1 N–H and O–H groups in total. The number of para-hydroxylation sites is 1. The highest BCUT2D eigenvalue weighted by Crippen LogP contribution is 2.24. The van der Waals surface area contributed by atoms with Gasteiger partial charge in [-0.25, -0.2) is 4.79 Å². The Morgan fingerprint density at radius 3 is 2.58 bits per heavy atom. The quantitative estimate of drug-likeness (QED) is 0.776. The number of benzene rings is 1. The fourth-order valence-electron chi connectivity index (χ4n) is 4.05. The van der Waals surface area contributed by atoms with E-state index in [4.69, 9.17) is 9.47 Å². The zero-order chi connectivity index (χ0) is 22.3. The molecule has 1 aromatic carbocycles. The van der Waals surface area contributed by atoms with Gasteiger partial charge in [-0.05, 0) is 77.6 Å². The molecule has 7 heteroatoms.